The van der Waals surface area contributed by atoms with E-state index in [1.54, 1.807) is 24.3 Å². The average molecular weight is 159 g/mol. The lowest BCUT2D eigenvalue weighted by Crippen LogP contribution is -1.82. The van der Waals surface area contributed by atoms with Gasteiger partial charge in [-0.15, -0.1) is 0 Å². The highest BCUT2D eigenvalue weighted by molar-refractivity contribution is 5.72. The molecular formula is C11H13N. The van der Waals surface area contributed by atoms with E-state index in [1.807, 2.05) is 6.08 Å². The largest absolute Gasteiger partial charge is 0.309 e. The van der Waals surface area contributed by atoms with E-state index >= 15 is 0 Å². The van der Waals surface area contributed by atoms with Crippen LogP contribution in [0, 0.1) is 5.41 Å². The number of rotatable bonds is 5. The molecule has 0 aromatic rings. The van der Waals surface area contributed by atoms with Crippen molar-refractivity contribution < 1.29 is 0 Å². The Balaban J connectivity index is 4.91. The summed E-state index contributed by atoms with van der Waals surface area (Å²) >= 11 is 0. The van der Waals surface area contributed by atoms with Crippen molar-refractivity contribution in [2.45, 2.75) is 0 Å². The van der Waals surface area contributed by atoms with E-state index in [2.05, 4.69) is 19.7 Å². The van der Waals surface area contributed by atoms with Crippen molar-refractivity contribution in [2.24, 2.45) is 0 Å². The SMILES string of the molecule is C=C/C=C(C=C)/C(C=C)=C/C=N. The molecule has 0 spiro atoms. The first-order valence-electron chi connectivity index (χ1n) is 3.58. The Kier molecular flexibility index (Phi) is 5.28. The van der Waals surface area contributed by atoms with Gasteiger partial charge < -0.3 is 5.41 Å². The molecule has 1 heteroatoms. The van der Waals surface area contributed by atoms with Crippen LogP contribution >= 0.6 is 0 Å². The molecule has 1 nitrogen and oxygen atoms in total. The maximum absolute atomic E-state index is 6.90. The molecule has 62 valence electrons. The van der Waals surface area contributed by atoms with E-state index in [0.717, 1.165) is 11.1 Å². The normalized spacial score (nSPS) is 12.0. The standard InChI is InChI=1S/C11H13N/c1-4-7-10(5-2)11(6-3)8-9-12/h4-9,12H,1-3H2/b10-7+,11-8+,12-9?. The summed E-state index contributed by atoms with van der Waals surface area (Å²) in [6, 6.07) is 0. The predicted molar refractivity (Wildman–Crippen MR) is 55.5 cm³/mol. The van der Waals surface area contributed by atoms with Gasteiger partial charge in [-0.2, -0.15) is 0 Å². The minimum Gasteiger partial charge on any atom is -0.309 e. The molecule has 0 aliphatic rings. The molecule has 0 atom stereocenters. The summed E-state index contributed by atoms with van der Waals surface area (Å²) in [4.78, 5) is 0. The van der Waals surface area contributed by atoms with Gasteiger partial charge in [-0.1, -0.05) is 44.0 Å². The summed E-state index contributed by atoms with van der Waals surface area (Å²) < 4.78 is 0. The molecule has 0 unspecified atom stereocenters. The smallest absolute Gasteiger partial charge is 0.0183 e. The Morgan fingerprint density at radius 1 is 0.917 bits per heavy atom. The van der Waals surface area contributed by atoms with E-state index in [4.69, 9.17) is 5.41 Å². The maximum atomic E-state index is 6.90. The van der Waals surface area contributed by atoms with Gasteiger partial charge in [0.1, 0.15) is 0 Å². The lowest BCUT2D eigenvalue weighted by molar-refractivity contribution is 1.54. The molecule has 0 bridgehead atoms. The van der Waals surface area contributed by atoms with Crippen molar-refractivity contribution in [3.05, 3.63) is 61.3 Å². The van der Waals surface area contributed by atoms with Crippen molar-refractivity contribution >= 4 is 6.21 Å². The number of nitrogens with one attached hydrogen (secondary N) is 1. The highest BCUT2D eigenvalue weighted by Crippen LogP contribution is 2.11. The van der Waals surface area contributed by atoms with Crippen molar-refractivity contribution in [2.75, 3.05) is 0 Å². The molecule has 0 rings (SSSR count). The van der Waals surface area contributed by atoms with Gasteiger partial charge in [0, 0.05) is 6.21 Å². The first kappa shape index (κ1) is 10.4. The van der Waals surface area contributed by atoms with Gasteiger partial charge in [-0.05, 0) is 17.2 Å². The van der Waals surface area contributed by atoms with Crippen molar-refractivity contribution in [3.8, 4) is 0 Å². The molecule has 0 aromatic carbocycles. The van der Waals surface area contributed by atoms with Crippen LogP contribution in [0.15, 0.2) is 61.3 Å². The third-order valence-electron chi connectivity index (χ3n) is 1.33. The quantitative estimate of drug-likeness (QED) is 0.471. The summed E-state index contributed by atoms with van der Waals surface area (Å²) in [6.45, 7) is 10.9. The fraction of sp³-hybridized carbons (Fsp3) is 0. The molecule has 0 amide bonds. The zero-order valence-electron chi connectivity index (χ0n) is 7.09. The summed E-state index contributed by atoms with van der Waals surface area (Å²) in [5.41, 5.74) is 1.79. The molecule has 0 radical (unpaired) electrons. The summed E-state index contributed by atoms with van der Waals surface area (Å²) in [5, 5.41) is 6.90. The van der Waals surface area contributed by atoms with Crippen LogP contribution in [0.3, 0.4) is 0 Å². The van der Waals surface area contributed by atoms with Gasteiger partial charge in [0.2, 0.25) is 0 Å². The second-order valence-electron chi connectivity index (χ2n) is 2.05. The van der Waals surface area contributed by atoms with E-state index in [-0.39, 0.29) is 0 Å². The van der Waals surface area contributed by atoms with Crippen LogP contribution in [0.2, 0.25) is 0 Å². The molecule has 0 saturated carbocycles. The summed E-state index contributed by atoms with van der Waals surface area (Å²) in [7, 11) is 0. The molecule has 0 aliphatic carbocycles. The van der Waals surface area contributed by atoms with Crippen molar-refractivity contribution in [3.63, 3.8) is 0 Å². The van der Waals surface area contributed by atoms with E-state index < -0.39 is 0 Å². The zero-order valence-corrected chi connectivity index (χ0v) is 7.09. The van der Waals surface area contributed by atoms with Gasteiger partial charge in [0.15, 0.2) is 0 Å². The lowest BCUT2D eigenvalue weighted by atomic mass is 10.1. The van der Waals surface area contributed by atoms with Crippen LogP contribution in [0.1, 0.15) is 0 Å². The van der Waals surface area contributed by atoms with Gasteiger partial charge in [-0.3, -0.25) is 0 Å². The fourth-order valence-corrected chi connectivity index (χ4v) is 0.781. The van der Waals surface area contributed by atoms with Gasteiger partial charge in [0.05, 0.1) is 0 Å². The molecule has 0 aliphatic heterocycles. The number of hydrogen-bond acceptors (Lipinski definition) is 1. The second kappa shape index (κ2) is 6.10. The Morgan fingerprint density at radius 2 is 1.42 bits per heavy atom. The Hall–Kier alpha value is -1.63. The summed E-state index contributed by atoms with van der Waals surface area (Å²) in [6.07, 6.45) is 9.77. The lowest BCUT2D eigenvalue weighted by Gasteiger charge is -1.99. The van der Waals surface area contributed by atoms with E-state index in [1.165, 1.54) is 6.21 Å². The van der Waals surface area contributed by atoms with Crippen LogP contribution < -0.4 is 0 Å². The second-order valence-corrected chi connectivity index (χ2v) is 2.05. The first-order chi connectivity index (χ1) is 5.79. The maximum Gasteiger partial charge on any atom is 0.0183 e. The zero-order chi connectivity index (χ0) is 9.40. The van der Waals surface area contributed by atoms with Gasteiger partial charge in [0.25, 0.3) is 0 Å². The highest BCUT2D eigenvalue weighted by atomic mass is 14.3. The molecule has 0 heterocycles. The van der Waals surface area contributed by atoms with Crippen LogP contribution in [-0.4, -0.2) is 6.21 Å². The molecule has 12 heavy (non-hydrogen) atoms. The van der Waals surface area contributed by atoms with Crippen LogP contribution in [0.5, 0.6) is 0 Å². The van der Waals surface area contributed by atoms with Gasteiger partial charge in [-0.25, -0.2) is 0 Å². The summed E-state index contributed by atoms with van der Waals surface area (Å²) in [5.74, 6) is 0. The number of allylic oxidation sites excluding steroid dienone is 7. The highest BCUT2D eigenvalue weighted by Gasteiger charge is 1.93. The third kappa shape index (κ3) is 2.97. The predicted octanol–water partition coefficient (Wildman–Crippen LogP) is 3.05. The topological polar surface area (TPSA) is 23.9 Å². The Bertz CT molecular complexity index is 226. The third-order valence-corrected chi connectivity index (χ3v) is 1.33. The molecule has 0 fully saturated rings. The van der Waals surface area contributed by atoms with Gasteiger partial charge >= 0.3 is 0 Å². The Morgan fingerprint density at radius 3 is 1.75 bits per heavy atom. The molecule has 0 saturated heterocycles. The first-order valence-corrected chi connectivity index (χ1v) is 3.58. The van der Waals surface area contributed by atoms with Crippen LogP contribution in [0.4, 0.5) is 0 Å². The van der Waals surface area contributed by atoms with E-state index in [0.29, 0.717) is 0 Å². The van der Waals surface area contributed by atoms with Crippen molar-refractivity contribution in [1.29, 1.82) is 5.41 Å². The Labute approximate surface area is 73.6 Å². The van der Waals surface area contributed by atoms with Crippen LogP contribution in [0.25, 0.3) is 0 Å². The van der Waals surface area contributed by atoms with Crippen molar-refractivity contribution in [1.82, 2.24) is 0 Å². The average Bonchev–Trinajstić information content (AvgIpc) is 2.11. The molecule has 0 aromatic heterocycles. The fourth-order valence-electron chi connectivity index (χ4n) is 0.781. The monoisotopic (exact) mass is 159 g/mol. The van der Waals surface area contributed by atoms with E-state index in [9.17, 15) is 0 Å². The molecular weight excluding hydrogens is 146 g/mol. The number of hydrogen-bond donors (Lipinski definition) is 1. The minimum atomic E-state index is 0.875. The minimum absolute atomic E-state index is 0.875. The molecule has 1 N–H and O–H groups in total. The van der Waals surface area contributed by atoms with Crippen LogP contribution in [-0.2, 0) is 0 Å².